The number of hydrogen-bond acceptors (Lipinski definition) is 4. The minimum absolute atomic E-state index is 0.0724. The van der Waals surface area contributed by atoms with Crippen molar-refractivity contribution in [3.63, 3.8) is 0 Å². The van der Waals surface area contributed by atoms with Crippen LogP contribution >= 0.6 is 0 Å². The molecule has 2 rings (SSSR count). The smallest absolute Gasteiger partial charge is 0.311 e. The van der Waals surface area contributed by atoms with E-state index in [9.17, 15) is 23.1 Å². The normalized spacial score (nSPS) is 17.2. The van der Waals surface area contributed by atoms with Gasteiger partial charge in [-0.1, -0.05) is 31.4 Å². The molecule has 0 radical (unpaired) electrons. The van der Waals surface area contributed by atoms with Gasteiger partial charge in [-0.25, -0.2) is 8.42 Å². The zero-order chi connectivity index (χ0) is 17.8. The Hall–Kier alpha value is -1.89. The molecule has 2 N–H and O–H groups in total. The van der Waals surface area contributed by atoms with Crippen molar-refractivity contribution in [1.29, 1.82) is 0 Å². The number of carboxylic acid groups (broad SMARTS) is 1. The van der Waals surface area contributed by atoms with Gasteiger partial charge in [-0.05, 0) is 30.5 Å². The molecular formula is C17H23NO5S. The van der Waals surface area contributed by atoms with E-state index in [1.54, 1.807) is 24.3 Å². The minimum Gasteiger partial charge on any atom is -0.481 e. The highest BCUT2D eigenvalue weighted by Crippen LogP contribution is 2.36. The van der Waals surface area contributed by atoms with Crippen LogP contribution in [0.2, 0.25) is 0 Å². The Kier molecular flexibility index (Phi) is 5.64. The number of amides is 1. The van der Waals surface area contributed by atoms with Crippen LogP contribution in [0, 0.1) is 5.41 Å². The van der Waals surface area contributed by atoms with Crippen molar-refractivity contribution in [3.8, 4) is 0 Å². The summed E-state index contributed by atoms with van der Waals surface area (Å²) < 4.78 is 22.5. The van der Waals surface area contributed by atoms with E-state index < -0.39 is 21.2 Å². The van der Waals surface area contributed by atoms with Gasteiger partial charge in [0.15, 0.2) is 9.84 Å². The summed E-state index contributed by atoms with van der Waals surface area (Å²) in [5.74, 6) is -1.27. The van der Waals surface area contributed by atoms with Gasteiger partial charge in [0.1, 0.15) is 0 Å². The van der Waals surface area contributed by atoms with E-state index in [1.807, 2.05) is 0 Å². The number of nitrogens with one attached hydrogen (secondary N) is 1. The first kappa shape index (κ1) is 18.4. The number of carbonyl (C=O) groups excluding carboxylic acids is 1. The lowest BCUT2D eigenvalue weighted by atomic mass is 9.74. The summed E-state index contributed by atoms with van der Waals surface area (Å²) in [6.45, 7) is 0.117. The summed E-state index contributed by atoms with van der Waals surface area (Å²) >= 11 is 0. The second-order valence-corrected chi connectivity index (χ2v) is 8.74. The molecule has 1 aliphatic rings. The Labute approximate surface area is 142 Å². The van der Waals surface area contributed by atoms with Crippen LogP contribution < -0.4 is 5.32 Å². The SMILES string of the molecule is CS(=O)(=O)Cc1ccc(C(=O)NCC2(C(=O)O)CCCCC2)cc1. The molecule has 0 heterocycles. The third-order valence-corrected chi connectivity index (χ3v) is 5.35. The molecule has 1 fully saturated rings. The van der Waals surface area contributed by atoms with E-state index in [2.05, 4.69) is 5.32 Å². The second-order valence-electron chi connectivity index (χ2n) is 6.60. The minimum atomic E-state index is -3.12. The lowest BCUT2D eigenvalue weighted by molar-refractivity contribution is -0.150. The van der Waals surface area contributed by atoms with Crippen LogP contribution in [-0.2, 0) is 20.4 Å². The summed E-state index contributed by atoms with van der Waals surface area (Å²) in [5.41, 5.74) is 0.136. The Bertz CT molecular complexity index is 703. The fourth-order valence-corrected chi connectivity index (χ4v) is 3.90. The van der Waals surface area contributed by atoms with Crippen molar-refractivity contribution in [1.82, 2.24) is 5.32 Å². The molecule has 0 unspecified atom stereocenters. The fourth-order valence-electron chi connectivity index (χ4n) is 3.10. The van der Waals surface area contributed by atoms with Crippen LogP contribution in [-0.4, -0.2) is 38.2 Å². The lowest BCUT2D eigenvalue weighted by Crippen LogP contribution is -2.44. The molecule has 1 saturated carbocycles. The average molecular weight is 353 g/mol. The molecule has 1 aromatic carbocycles. The van der Waals surface area contributed by atoms with Crippen LogP contribution in [0.3, 0.4) is 0 Å². The van der Waals surface area contributed by atoms with Crippen molar-refractivity contribution in [2.24, 2.45) is 5.41 Å². The van der Waals surface area contributed by atoms with Crippen LogP contribution in [0.25, 0.3) is 0 Å². The highest BCUT2D eigenvalue weighted by atomic mass is 32.2. The summed E-state index contributed by atoms with van der Waals surface area (Å²) in [4.78, 5) is 23.8. The molecule has 0 aliphatic heterocycles. The van der Waals surface area contributed by atoms with Gasteiger partial charge >= 0.3 is 5.97 Å². The van der Waals surface area contributed by atoms with E-state index in [-0.39, 0.29) is 18.2 Å². The monoisotopic (exact) mass is 353 g/mol. The number of sulfone groups is 1. The predicted molar refractivity (Wildman–Crippen MR) is 90.5 cm³/mol. The van der Waals surface area contributed by atoms with Gasteiger partial charge in [0, 0.05) is 18.4 Å². The molecule has 0 bridgehead atoms. The van der Waals surface area contributed by atoms with E-state index >= 15 is 0 Å². The Morgan fingerprint density at radius 2 is 1.71 bits per heavy atom. The second kappa shape index (κ2) is 7.34. The van der Waals surface area contributed by atoms with Crippen molar-refractivity contribution in [2.45, 2.75) is 37.9 Å². The van der Waals surface area contributed by atoms with Crippen molar-refractivity contribution < 1.29 is 23.1 Å². The van der Waals surface area contributed by atoms with Gasteiger partial charge in [0.25, 0.3) is 5.91 Å². The summed E-state index contributed by atoms with van der Waals surface area (Å²) in [7, 11) is -3.12. The van der Waals surface area contributed by atoms with Gasteiger partial charge in [-0.3, -0.25) is 9.59 Å². The van der Waals surface area contributed by atoms with E-state index in [0.29, 0.717) is 24.0 Å². The largest absolute Gasteiger partial charge is 0.481 e. The maximum atomic E-state index is 12.2. The molecule has 0 atom stereocenters. The molecule has 6 nitrogen and oxygen atoms in total. The maximum absolute atomic E-state index is 12.2. The van der Waals surface area contributed by atoms with Gasteiger partial charge in [-0.2, -0.15) is 0 Å². The number of carboxylic acids is 1. The molecule has 0 aromatic heterocycles. The Balaban J connectivity index is 2.00. The van der Waals surface area contributed by atoms with Gasteiger partial charge in [0.05, 0.1) is 11.2 Å². The van der Waals surface area contributed by atoms with Crippen molar-refractivity contribution in [2.75, 3.05) is 12.8 Å². The molecule has 0 saturated heterocycles. The number of hydrogen-bond donors (Lipinski definition) is 2. The summed E-state index contributed by atoms with van der Waals surface area (Å²) in [6.07, 6.45) is 5.07. The molecule has 1 aromatic rings. The Morgan fingerprint density at radius 3 is 2.21 bits per heavy atom. The molecule has 132 valence electrons. The standard InChI is InChI=1S/C17H23NO5S/c1-24(22,23)11-13-5-7-14(8-6-13)15(19)18-12-17(16(20)21)9-3-2-4-10-17/h5-8H,2-4,9-12H2,1H3,(H,18,19)(H,20,21). The number of carbonyl (C=O) groups is 2. The predicted octanol–water partition coefficient (Wildman–Crippen LogP) is 2.00. The molecule has 24 heavy (non-hydrogen) atoms. The van der Waals surface area contributed by atoms with E-state index in [4.69, 9.17) is 0 Å². The lowest BCUT2D eigenvalue weighted by Gasteiger charge is -2.33. The third-order valence-electron chi connectivity index (χ3n) is 4.50. The van der Waals surface area contributed by atoms with Crippen LogP contribution in [0.5, 0.6) is 0 Å². The molecule has 0 spiro atoms. The fraction of sp³-hybridized carbons (Fsp3) is 0.529. The van der Waals surface area contributed by atoms with Gasteiger partial charge in [-0.15, -0.1) is 0 Å². The highest BCUT2D eigenvalue weighted by molar-refractivity contribution is 7.89. The van der Waals surface area contributed by atoms with Crippen molar-refractivity contribution >= 4 is 21.7 Å². The third kappa shape index (κ3) is 4.80. The zero-order valence-electron chi connectivity index (χ0n) is 13.7. The number of benzene rings is 1. The summed E-state index contributed by atoms with van der Waals surface area (Å²) in [6, 6.07) is 6.32. The van der Waals surface area contributed by atoms with Gasteiger partial charge in [0.2, 0.25) is 0 Å². The molecule has 7 heteroatoms. The van der Waals surface area contributed by atoms with Crippen LogP contribution in [0.15, 0.2) is 24.3 Å². The summed E-state index contributed by atoms with van der Waals surface area (Å²) in [5, 5.41) is 12.2. The first-order chi connectivity index (χ1) is 11.2. The first-order valence-corrected chi connectivity index (χ1v) is 10.1. The van der Waals surface area contributed by atoms with Crippen molar-refractivity contribution in [3.05, 3.63) is 35.4 Å². The first-order valence-electron chi connectivity index (χ1n) is 8.00. The highest BCUT2D eigenvalue weighted by Gasteiger charge is 2.39. The van der Waals surface area contributed by atoms with E-state index in [1.165, 1.54) is 0 Å². The molecule has 1 amide bonds. The number of aliphatic carboxylic acids is 1. The van der Waals surface area contributed by atoms with Crippen LogP contribution in [0.1, 0.15) is 48.0 Å². The molecular weight excluding hydrogens is 330 g/mol. The number of rotatable bonds is 6. The maximum Gasteiger partial charge on any atom is 0.311 e. The Morgan fingerprint density at radius 1 is 1.12 bits per heavy atom. The van der Waals surface area contributed by atoms with Gasteiger partial charge < -0.3 is 10.4 Å². The van der Waals surface area contributed by atoms with Crippen LogP contribution in [0.4, 0.5) is 0 Å². The average Bonchev–Trinajstić information content (AvgIpc) is 2.52. The van der Waals surface area contributed by atoms with E-state index in [0.717, 1.165) is 25.5 Å². The quantitative estimate of drug-likeness (QED) is 0.814. The molecule has 1 aliphatic carbocycles. The zero-order valence-corrected chi connectivity index (χ0v) is 14.6. The topological polar surface area (TPSA) is 101 Å².